The van der Waals surface area contributed by atoms with Crippen LogP contribution in [0.4, 0.5) is 4.39 Å². The van der Waals surface area contributed by atoms with Crippen molar-refractivity contribution < 1.29 is 18.7 Å². The zero-order valence-electron chi connectivity index (χ0n) is 16.3. The number of aryl methyl sites for hydroxylation is 1. The van der Waals surface area contributed by atoms with Gasteiger partial charge >= 0.3 is 5.97 Å². The van der Waals surface area contributed by atoms with E-state index >= 15 is 0 Å². The Morgan fingerprint density at radius 2 is 1.97 bits per heavy atom. The van der Waals surface area contributed by atoms with Gasteiger partial charge in [-0.3, -0.25) is 9.78 Å². The summed E-state index contributed by atoms with van der Waals surface area (Å²) in [5, 5.41) is 4.64. The normalized spacial score (nSPS) is 11.0. The average Bonchev–Trinajstić information content (AvgIpc) is 3.12. The van der Waals surface area contributed by atoms with Gasteiger partial charge in [-0.25, -0.2) is 9.18 Å². The number of halogens is 3. The quantitative estimate of drug-likeness (QED) is 0.349. The number of esters is 1. The van der Waals surface area contributed by atoms with Gasteiger partial charge in [-0.1, -0.05) is 27.5 Å². The summed E-state index contributed by atoms with van der Waals surface area (Å²) in [6.45, 7) is 1.76. The number of carbonyl (C=O) groups excluding carboxylic acids is 2. The molecular formula is C22H14BrClFN3O3. The molecule has 4 aromatic rings. The number of rotatable bonds is 3. The standard InChI is InChI=1S/C22H14BrClFN3O3/c1-11-8-13(23)10-15(24)18(11)21(29)28-17-4-3-7-26-20(17)19(27-28)14-6-5-12(9-16(14)25)22(30)31-2/h3-10H,1-2H3. The van der Waals surface area contributed by atoms with E-state index in [9.17, 15) is 14.0 Å². The van der Waals surface area contributed by atoms with Gasteiger partial charge in [0.25, 0.3) is 5.91 Å². The molecule has 0 amide bonds. The fourth-order valence-electron chi connectivity index (χ4n) is 3.32. The molecule has 0 aliphatic carbocycles. The Bertz CT molecular complexity index is 1350. The molecular weight excluding hydrogens is 489 g/mol. The largest absolute Gasteiger partial charge is 0.465 e. The van der Waals surface area contributed by atoms with Crippen LogP contribution < -0.4 is 0 Å². The van der Waals surface area contributed by atoms with Crippen LogP contribution in [0.1, 0.15) is 26.3 Å². The van der Waals surface area contributed by atoms with Crippen molar-refractivity contribution in [1.82, 2.24) is 14.8 Å². The maximum Gasteiger partial charge on any atom is 0.337 e. The smallest absolute Gasteiger partial charge is 0.337 e. The van der Waals surface area contributed by atoms with Gasteiger partial charge in [0.1, 0.15) is 17.0 Å². The second-order valence-electron chi connectivity index (χ2n) is 6.70. The van der Waals surface area contributed by atoms with Gasteiger partial charge < -0.3 is 4.74 Å². The molecule has 2 aromatic carbocycles. The second kappa shape index (κ2) is 8.20. The number of carbonyl (C=O) groups is 2. The molecule has 31 heavy (non-hydrogen) atoms. The zero-order chi connectivity index (χ0) is 22.3. The molecule has 0 bridgehead atoms. The fourth-order valence-corrected chi connectivity index (χ4v) is 4.37. The Morgan fingerprint density at radius 1 is 1.19 bits per heavy atom. The Kier molecular flexibility index (Phi) is 5.60. The lowest BCUT2D eigenvalue weighted by Gasteiger charge is -2.09. The minimum Gasteiger partial charge on any atom is -0.465 e. The summed E-state index contributed by atoms with van der Waals surface area (Å²) in [5.74, 6) is -1.81. The van der Waals surface area contributed by atoms with Crippen LogP contribution in [0, 0.1) is 12.7 Å². The molecule has 2 heterocycles. The zero-order valence-corrected chi connectivity index (χ0v) is 18.7. The molecule has 0 aliphatic rings. The Morgan fingerprint density at radius 3 is 2.65 bits per heavy atom. The van der Waals surface area contributed by atoms with Gasteiger partial charge in [0.2, 0.25) is 0 Å². The summed E-state index contributed by atoms with van der Waals surface area (Å²) < 4.78 is 21.4. The van der Waals surface area contributed by atoms with Gasteiger partial charge in [0.15, 0.2) is 0 Å². The van der Waals surface area contributed by atoms with Crippen LogP contribution in [0.2, 0.25) is 5.02 Å². The highest BCUT2D eigenvalue weighted by Gasteiger charge is 2.24. The third kappa shape index (κ3) is 3.73. The van der Waals surface area contributed by atoms with Crippen molar-refractivity contribution in [3.63, 3.8) is 0 Å². The molecule has 0 aliphatic heterocycles. The first-order valence-corrected chi connectivity index (χ1v) is 10.2. The molecule has 2 aromatic heterocycles. The first-order chi connectivity index (χ1) is 14.8. The molecule has 4 rings (SSSR count). The third-order valence-corrected chi connectivity index (χ3v) is 5.50. The van der Waals surface area contributed by atoms with Crippen LogP contribution in [0.3, 0.4) is 0 Å². The molecule has 0 radical (unpaired) electrons. The molecule has 0 N–H and O–H groups in total. The lowest BCUT2D eigenvalue weighted by atomic mass is 10.1. The number of pyridine rings is 1. The number of ether oxygens (including phenoxy) is 1. The van der Waals surface area contributed by atoms with Crippen LogP contribution in [0.25, 0.3) is 22.3 Å². The Balaban J connectivity index is 1.90. The summed E-state index contributed by atoms with van der Waals surface area (Å²) in [4.78, 5) is 29.3. The van der Waals surface area contributed by atoms with Crippen molar-refractivity contribution in [2.24, 2.45) is 0 Å². The first kappa shape index (κ1) is 21.1. The monoisotopic (exact) mass is 501 g/mol. The van der Waals surface area contributed by atoms with Crippen LogP contribution in [-0.4, -0.2) is 33.8 Å². The van der Waals surface area contributed by atoms with E-state index in [2.05, 4.69) is 30.7 Å². The van der Waals surface area contributed by atoms with E-state index in [1.165, 1.54) is 25.4 Å². The predicted molar refractivity (Wildman–Crippen MR) is 118 cm³/mol. The SMILES string of the molecule is COC(=O)c1ccc(-c2nn(C(=O)c3c(C)cc(Br)cc3Cl)c3cccnc23)c(F)c1. The van der Waals surface area contributed by atoms with Crippen molar-refractivity contribution >= 4 is 50.4 Å². The van der Waals surface area contributed by atoms with Crippen LogP contribution in [-0.2, 0) is 4.74 Å². The van der Waals surface area contributed by atoms with Crippen LogP contribution in [0.5, 0.6) is 0 Å². The summed E-state index contributed by atoms with van der Waals surface area (Å²) in [5.41, 5.74) is 2.01. The summed E-state index contributed by atoms with van der Waals surface area (Å²) >= 11 is 9.68. The highest BCUT2D eigenvalue weighted by molar-refractivity contribution is 9.10. The fraction of sp³-hybridized carbons (Fsp3) is 0.0909. The minimum absolute atomic E-state index is 0.0637. The van der Waals surface area contributed by atoms with Crippen LogP contribution in [0.15, 0.2) is 53.1 Å². The molecule has 0 spiro atoms. The molecule has 156 valence electrons. The highest BCUT2D eigenvalue weighted by atomic mass is 79.9. The second-order valence-corrected chi connectivity index (χ2v) is 8.03. The van der Waals surface area contributed by atoms with E-state index in [1.807, 2.05) is 0 Å². The lowest BCUT2D eigenvalue weighted by molar-refractivity contribution is 0.0600. The van der Waals surface area contributed by atoms with Crippen molar-refractivity contribution in [2.75, 3.05) is 7.11 Å². The Labute approximate surface area is 189 Å². The van der Waals surface area contributed by atoms with Crippen LogP contribution >= 0.6 is 27.5 Å². The van der Waals surface area contributed by atoms with Gasteiger partial charge in [0.05, 0.1) is 28.8 Å². The maximum absolute atomic E-state index is 14.9. The van der Waals surface area contributed by atoms with Gasteiger partial charge in [-0.2, -0.15) is 9.78 Å². The van der Waals surface area contributed by atoms with E-state index in [0.29, 0.717) is 16.6 Å². The topological polar surface area (TPSA) is 74.1 Å². The van der Waals surface area contributed by atoms with Gasteiger partial charge in [-0.05, 0) is 55.0 Å². The van der Waals surface area contributed by atoms with Gasteiger partial charge in [0, 0.05) is 16.2 Å². The molecule has 0 saturated carbocycles. The third-order valence-electron chi connectivity index (χ3n) is 4.74. The molecule has 0 saturated heterocycles. The summed E-state index contributed by atoms with van der Waals surface area (Å²) in [7, 11) is 1.22. The van der Waals surface area contributed by atoms with Crippen molar-refractivity contribution in [1.29, 1.82) is 0 Å². The van der Waals surface area contributed by atoms with Gasteiger partial charge in [-0.15, -0.1) is 0 Å². The summed E-state index contributed by atoms with van der Waals surface area (Å²) in [6, 6.07) is 10.6. The molecule has 9 heteroatoms. The van der Waals surface area contributed by atoms with E-state index in [1.54, 1.807) is 31.2 Å². The number of hydrogen-bond acceptors (Lipinski definition) is 5. The van der Waals surface area contributed by atoms with Crippen molar-refractivity contribution in [2.45, 2.75) is 6.92 Å². The number of methoxy groups -OCH3 is 1. The average molecular weight is 503 g/mol. The molecule has 6 nitrogen and oxygen atoms in total. The van der Waals surface area contributed by atoms with Crippen molar-refractivity contribution in [3.05, 3.63) is 80.7 Å². The van der Waals surface area contributed by atoms with E-state index in [0.717, 1.165) is 15.2 Å². The molecule has 0 atom stereocenters. The number of fused-ring (bicyclic) bond motifs is 1. The van der Waals surface area contributed by atoms with E-state index in [4.69, 9.17) is 11.6 Å². The van der Waals surface area contributed by atoms with Crippen molar-refractivity contribution in [3.8, 4) is 11.3 Å². The number of nitrogens with zero attached hydrogens (tertiary/aromatic N) is 3. The maximum atomic E-state index is 14.9. The Hall–Kier alpha value is -3.10. The molecule has 0 unspecified atom stereocenters. The number of benzene rings is 2. The predicted octanol–water partition coefficient (Wildman–Crippen LogP) is 5.44. The van der Waals surface area contributed by atoms with E-state index in [-0.39, 0.29) is 27.4 Å². The minimum atomic E-state index is -0.689. The lowest BCUT2D eigenvalue weighted by Crippen LogP contribution is -2.15. The van der Waals surface area contributed by atoms with E-state index < -0.39 is 17.7 Å². The number of hydrogen-bond donors (Lipinski definition) is 0. The summed E-state index contributed by atoms with van der Waals surface area (Å²) in [6.07, 6.45) is 1.53. The number of aromatic nitrogens is 3. The molecule has 0 fully saturated rings. The highest BCUT2D eigenvalue weighted by Crippen LogP contribution is 2.31. The first-order valence-electron chi connectivity index (χ1n) is 9.04.